The van der Waals surface area contributed by atoms with Gasteiger partial charge in [-0.1, -0.05) is 47.1 Å². The monoisotopic (exact) mass is 332 g/mol. The maximum absolute atomic E-state index is 11.3. The summed E-state index contributed by atoms with van der Waals surface area (Å²) in [5.41, 5.74) is 3.08. The van der Waals surface area contributed by atoms with E-state index in [2.05, 4.69) is 15.2 Å². The van der Waals surface area contributed by atoms with Gasteiger partial charge in [-0.3, -0.25) is 5.32 Å². The molecule has 0 fully saturated rings. The second-order valence-electron chi connectivity index (χ2n) is 4.73. The lowest BCUT2D eigenvalue weighted by Gasteiger charge is -2.09. The Morgan fingerprint density at radius 1 is 1.17 bits per heavy atom. The van der Waals surface area contributed by atoms with Crippen LogP contribution in [0, 0.1) is 0 Å². The summed E-state index contributed by atoms with van der Waals surface area (Å²) in [5, 5.41) is 7.39. The first kappa shape index (κ1) is 16.8. The minimum absolute atomic E-state index is 0.227. The van der Waals surface area contributed by atoms with E-state index in [-0.39, 0.29) is 6.61 Å². The van der Waals surface area contributed by atoms with Gasteiger partial charge in [0.15, 0.2) is 0 Å². The number of nitrogens with one attached hydrogen (secondary N) is 1. The van der Waals surface area contributed by atoms with Crippen molar-refractivity contribution in [3.8, 4) is 0 Å². The highest BCUT2D eigenvalue weighted by Crippen LogP contribution is 2.17. The van der Waals surface area contributed by atoms with Crippen LogP contribution < -0.4 is 5.32 Å². The van der Waals surface area contributed by atoms with Crippen molar-refractivity contribution in [2.45, 2.75) is 13.5 Å². The molecule has 0 aliphatic heterocycles. The van der Waals surface area contributed by atoms with Gasteiger partial charge in [0, 0.05) is 10.6 Å². The van der Waals surface area contributed by atoms with Crippen molar-refractivity contribution in [1.82, 2.24) is 0 Å². The molecule has 0 atom stereocenters. The summed E-state index contributed by atoms with van der Waals surface area (Å²) in [6.45, 7) is 2.08. The van der Waals surface area contributed by atoms with Crippen molar-refractivity contribution in [3.05, 3.63) is 64.7 Å². The average molecular weight is 333 g/mol. The third kappa shape index (κ3) is 5.00. The van der Waals surface area contributed by atoms with E-state index >= 15 is 0 Å². The standard InChI is InChI=1S/C17H17ClN2O3/c1-12(13-7-9-15(18)10-8-13)20-23-11-14-5-3-4-6-16(14)19-17(21)22-2/h3-10H,11H2,1-2H3,(H,19,21)/b20-12+. The Hall–Kier alpha value is -2.53. The Balaban J connectivity index is 2.02. The zero-order valence-electron chi connectivity index (χ0n) is 12.9. The van der Waals surface area contributed by atoms with Gasteiger partial charge < -0.3 is 9.57 Å². The third-order valence-electron chi connectivity index (χ3n) is 3.12. The first-order chi connectivity index (χ1) is 11.1. The summed E-state index contributed by atoms with van der Waals surface area (Å²) in [4.78, 5) is 16.7. The molecule has 0 unspecified atom stereocenters. The van der Waals surface area contributed by atoms with E-state index in [4.69, 9.17) is 16.4 Å². The smallest absolute Gasteiger partial charge is 0.411 e. The highest BCUT2D eigenvalue weighted by atomic mass is 35.5. The summed E-state index contributed by atoms with van der Waals surface area (Å²) < 4.78 is 4.59. The lowest BCUT2D eigenvalue weighted by Crippen LogP contribution is -2.12. The zero-order valence-corrected chi connectivity index (χ0v) is 13.6. The van der Waals surface area contributed by atoms with E-state index in [0.717, 1.165) is 16.8 Å². The lowest BCUT2D eigenvalue weighted by molar-refractivity contribution is 0.131. The molecule has 0 radical (unpaired) electrons. The minimum Gasteiger partial charge on any atom is -0.453 e. The summed E-state index contributed by atoms with van der Waals surface area (Å²) in [6.07, 6.45) is -0.529. The van der Waals surface area contributed by atoms with Gasteiger partial charge in [-0.15, -0.1) is 0 Å². The number of anilines is 1. The van der Waals surface area contributed by atoms with E-state index in [1.165, 1.54) is 7.11 Å². The molecule has 0 saturated heterocycles. The van der Waals surface area contributed by atoms with Crippen molar-refractivity contribution < 1.29 is 14.4 Å². The number of carbonyl (C=O) groups is 1. The SMILES string of the molecule is COC(=O)Nc1ccccc1CO/N=C(\C)c1ccc(Cl)cc1. The normalized spacial score (nSPS) is 11.0. The highest BCUT2D eigenvalue weighted by molar-refractivity contribution is 6.30. The Morgan fingerprint density at radius 2 is 1.87 bits per heavy atom. The number of ether oxygens (including phenoxy) is 1. The number of nitrogens with zero attached hydrogens (tertiary/aromatic N) is 1. The van der Waals surface area contributed by atoms with Crippen LogP contribution in [-0.2, 0) is 16.2 Å². The molecule has 0 saturated carbocycles. The van der Waals surface area contributed by atoms with Gasteiger partial charge in [-0.05, 0) is 30.7 Å². The molecule has 5 nitrogen and oxygen atoms in total. The molecule has 0 aliphatic rings. The van der Waals surface area contributed by atoms with Gasteiger partial charge in [0.05, 0.1) is 18.5 Å². The minimum atomic E-state index is -0.529. The van der Waals surface area contributed by atoms with E-state index in [0.29, 0.717) is 10.7 Å². The van der Waals surface area contributed by atoms with Gasteiger partial charge in [0.2, 0.25) is 0 Å². The number of para-hydroxylation sites is 1. The number of rotatable bonds is 5. The Labute approximate surface area is 139 Å². The van der Waals surface area contributed by atoms with Crippen LogP contribution in [0.5, 0.6) is 0 Å². The largest absolute Gasteiger partial charge is 0.453 e. The lowest BCUT2D eigenvalue weighted by atomic mass is 10.1. The summed E-state index contributed by atoms with van der Waals surface area (Å²) in [6, 6.07) is 14.6. The molecule has 0 aliphatic carbocycles. The highest BCUT2D eigenvalue weighted by Gasteiger charge is 2.06. The predicted octanol–water partition coefficient (Wildman–Crippen LogP) is 4.46. The van der Waals surface area contributed by atoms with Gasteiger partial charge in [-0.25, -0.2) is 4.79 Å². The number of amides is 1. The zero-order chi connectivity index (χ0) is 16.7. The Morgan fingerprint density at radius 3 is 2.57 bits per heavy atom. The van der Waals surface area contributed by atoms with Gasteiger partial charge in [0.1, 0.15) is 6.61 Å². The van der Waals surface area contributed by atoms with E-state index in [9.17, 15) is 4.79 Å². The van der Waals surface area contributed by atoms with Crippen LogP contribution in [0.1, 0.15) is 18.1 Å². The van der Waals surface area contributed by atoms with Crippen molar-refractivity contribution in [2.75, 3.05) is 12.4 Å². The second-order valence-corrected chi connectivity index (χ2v) is 5.17. The summed E-state index contributed by atoms with van der Waals surface area (Å²) in [5.74, 6) is 0. The van der Waals surface area contributed by atoms with Gasteiger partial charge in [0.25, 0.3) is 0 Å². The maximum atomic E-state index is 11.3. The molecule has 0 heterocycles. The molecular weight excluding hydrogens is 316 g/mol. The molecule has 2 rings (SSSR count). The second kappa shape index (κ2) is 8.19. The number of methoxy groups -OCH3 is 1. The first-order valence-electron chi connectivity index (χ1n) is 6.95. The van der Waals surface area contributed by atoms with Gasteiger partial charge in [-0.2, -0.15) is 0 Å². The number of hydrogen-bond acceptors (Lipinski definition) is 4. The molecule has 2 aromatic carbocycles. The van der Waals surface area contributed by atoms with E-state index in [1.807, 2.05) is 37.3 Å². The first-order valence-corrected chi connectivity index (χ1v) is 7.33. The Kier molecular flexibility index (Phi) is 6.00. The van der Waals surface area contributed by atoms with Crippen molar-refractivity contribution in [1.29, 1.82) is 0 Å². The fraction of sp³-hybridized carbons (Fsp3) is 0.176. The van der Waals surface area contributed by atoms with Crippen LogP contribution in [0.3, 0.4) is 0 Å². The molecule has 0 spiro atoms. The predicted molar refractivity (Wildman–Crippen MR) is 90.9 cm³/mol. The molecular formula is C17H17ClN2O3. The van der Waals surface area contributed by atoms with Crippen molar-refractivity contribution >= 4 is 29.1 Å². The summed E-state index contributed by atoms with van der Waals surface area (Å²) >= 11 is 5.86. The van der Waals surface area contributed by atoms with E-state index in [1.54, 1.807) is 18.2 Å². The third-order valence-corrected chi connectivity index (χ3v) is 3.37. The van der Waals surface area contributed by atoms with Crippen LogP contribution in [0.2, 0.25) is 5.02 Å². The topological polar surface area (TPSA) is 59.9 Å². The average Bonchev–Trinajstić information content (AvgIpc) is 2.56. The van der Waals surface area contributed by atoms with Gasteiger partial charge >= 0.3 is 6.09 Å². The summed E-state index contributed by atoms with van der Waals surface area (Å²) in [7, 11) is 1.31. The molecule has 2 aromatic rings. The Bertz CT molecular complexity index is 699. The number of halogens is 1. The van der Waals surface area contributed by atoms with Crippen LogP contribution in [0.4, 0.5) is 10.5 Å². The number of carbonyl (C=O) groups excluding carboxylic acids is 1. The molecule has 1 N–H and O–H groups in total. The molecule has 6 heteroatoms. The molecule has 0 bridgehead atoms. The van der Waals surface area contributed by atoms with Crippen molar-refractivity contribution in [3.63, 3.8) is 0 Å². The van der Waals surface area contributed by atoms with Crippen LogP contribution in [0.15, 0.2) is 53.7 Å². The number of benzene rings is 2. The van der Waals surface area contributed by atoms with E-state index < -0.39 is 6.09 Å². The van der Waals surface area contributed by atoms with Crippen LogP contribution in [-0.4, -0.2) is 18.9 Å². The quantitative estimate of drug-likeness (QED) is 0.649. The van der Waals surface area contributed by atoms with Crippen LogP contribution in [0.25, 0.3) is 0 Å². The molecule has 23 heavy (non-hydrogen) atoms. The molecule has 0 aromatic heterocycles. The van der Waals surface area contributed by atoms with Crippen molar-refractivity contribution in [2.24, 2.45) is 5.16 Å². The number of oxime groups is 1. The fourth-order valence-corrected chi connectivity index (χ4v) is 2.00. The van der Waals surface area contributed by atoms with Crippen LogP contribution >= 0.6 is 11.6 Å². The fourth-order valence-electron chi connectivity index (χ4n) is 1.87. The maximum Gasteiger partial charge on any atom is 0.411 e. The molecule has 120 valence electrons. The molecule has 1 amide bonds. The number of hydrogen-bond donors (Lipinski definition) is 1.